The van der Waals surface area contributed by atoms with Crippen LogP contribution in [0.2, 0.25) is 0 Å². The second-order valence-corrected chi connectivity index (χ2v) is 6.30. The van der Waals surface area contributed by atoms with Crippen LogP contribution >= 0.6 is 12.4 Å². The zero-order valence-corrected chi connectivity index (χ0v) is 15.7. The fourth-order valence-corrected chi connectivity index (χ4v) is 2.86. The molecule has 0 bridgehead atoms. The fraction of sp³-hybridized carbons (Fsp3) is 0.300. The van der Waals surface area contributed by atoms with Gasteiger partial charge in [0.2, 0.25) is 5.91 Å². The highest BCUT2D eigenvalue weighted by Gasteiger charge is 2.13. The molecule has 0 saturated heterocycles. The predicted octanol–water partition coefficient (Wildman–Crippen LogP) is 3.23. The number of rotatable bonds is 7. The number of halogens is 1. The van der Waals surface area contributed by atoms with E-state index in [9.17, 15) is 4.79 Å². The highest BCUT2D eigenvalue weighted by Crippen LogP contribution is 2.22. The quantitative estimate of drug-likeness (QED) is 0.668. The highest BCUT2D eigenvalue weighted by molar-refractivity contribution is 5.85. The second-order valence-electron chi connectivity index (χ2n) is 6.30. The number of nitrogens with one attached hydrogen (secondary N) is 1. The summed E-state index contributed by atoms with van der Waals surface area (Å²) in [7, 11) is 0. The predicted molar refractivity (Wildman–Crippen MR) is 108 cm³/mol. The van der Waals surface area contributed by atoms with Gasteiger partial charge >= 0.3 is 0 Å². The molecule has 6 heteroatoms. The first-order valence-electron chi connectivity index (χ1n) is 8.69. The van der Waals surface area contributed by atoms with Crippen molar-refractivity contribution in [2.75, 3.05) is 6.54 Å². The Morgan fingerprint density at radius 1 is 1.15 bits per heavy atom. The van der Waals surface area contributed by atoms with Crippen LogP contribution in [-0.4, -0.2) is 28.0 Å². The monoisotopic (exact) mass is 372 g/mol. The summed E-state index contributed by atoms with van der Waals surface area (Å²) in [5.74, 6) is 0.932. The third-order valence-electron chi connectivity index (χ3n) is 4.14. The van der Waals surface area contributed by atoms with Gasteiger partial charge in [0.1, 0.15) is 5.82 Å². The molecule has 26 heavy (non-hydrogen) atoms. The summed E-state index contributed by atoms with van der Waals surface area (Å²) in [6.45, 7) is 2.56. The first-order valence-corrected chi connectivity index (χ1v) is 8.69. The number of para-hydroxylation sites is 3. The molecule has 138 valence electrons. The van der Waals surface area contributed by atoms with Gasteiger partial charge in [-0.2, -0.15) is 0 Å². The normalized spacial score (nSPS) is 11.8. The van der Waals surface area contributed by atoms with Gasteiger partial charge in [-0.25, -0.2) is 4.98 Å². The van der Waals surface area contributed by atoms with Crippen LogP contribution in [0.25, 0.3) is 16.7 Å². The average molecular weight is 373 g/mol. The van der Waals surface area contributed by atoms with E-state index in [2.05, 4.69) is 28.1 Å². The average Bonchev–Trinajstić information content (AvgIpc) is 2.99. The van der Waals surface area contributed by atoms with Gasteiger partial charge in [-0.15, -0.1) is 12.4 Å². The molecule has 0 aliphatic rings. The van der Waals surface area contributed by atoms with Crippen LogP contribution in [0.15, 0.2) is 54.6 Å². The number of carbonyl (C=O) groups excluding carboxylic acids is 1. The minimum absolute atomic E-state index is 0. The molecule has 2 aromatic carbocycles. The summed E-state index contributed by atoms with van der Waals surface area (Å²) in [6, 6.07) is 18.3. The molecule has 1 atom stereocenters. The van der Waals surface area contributed by atoms with Gasteiger partial charge in [-0.3, -0.25) is 9.36 Å². The van der Waals surface area contributed by atoms with Crippen molar-refractivity contribution >= 4 is 29.3 Å². The minimum Gasteiger partial charge on any atom is -0.356 e. The van der Waals surface area contributed by atoms with Crippen molar-refractivity contribution in [3.63, 3.8) is 0 Å². The molecule has 0 fully saturated rings. The van der Waals surface area contributed by atoms with Crippen molar-refractivity contribution in [2.24, 2.45) is 5.73 Å². The summed E-state index contributed by atoms with van der Waals surface area (Å²) in [6.07, 6.45) is 1.79. The van der Waals surface area contributed by atoms with E-state index in [0.717, 1.165) is 29.0 Å². The van der Waals surface area contributed by atoms with Crippen LogP contribution < -0.4 is 11.1 Å². The number of fused-ring (bicyclic) bond motifs is 1. The van der Waals surface area contributed by atoms with E-state index in [-0.39, 0.29) is 24.4 Å². The number of hydrogen-bond donors (Lipinski definition) is 2. The number of carbonyl (C=O) groups is 1. The highest BCUT2D eigenvalue weighted by atomic mass is 35.5. The molecule has 1 heterocycles. The Kier molecular flexibility index (Phi) is 7.18. The first-order chi connectivity index (χ1) is 12.1. The van der Waals surface area contributed by atoms with Crippen molar-refractivity contribution < 1.29 is 4.79 Å². The van der Waals surface area contributed by atoms with Crippen molar-refractivity contribution in [2.45, 2.75) is 32.2 Å². The van der Waals surface area contributed by atoms with Crippen LogP contribution in [0.4, 0.5) is 0 Å². The molecule has 0 aliphatic heterocycles. The van der Waals surface area contributed by atoms with E-state index < -0.39 is 0 Å². The maximum Gasteiger partial charge on any atom is 0.220 e. The Morgan fingerprint density at radius 3 is 2.58 bits per heavy atom. The summed E-state index contributed by atoms with van der Waals surface area (Å²) in [4.78, 5) is 16.8. The maximum atomic E-state index is 12.1. The van der Waals surface area contributed by atoms with Gasteiger partial charge in [0.15, 0.2) is 0 Å². The largest absolute Gasteiger partial charge is 0.356 e. The molecule has 1 amide bonds. The van der Waals surface area contributed by atoms with Crippen molar-refractivity contribution in [3.05, 3.63) is 60.4 Å². The van der Waals surface area contributed by atoms with Crippen molar-refractivity contribution in [1.82, 2.24) is 14.9 Å². The fourth-order valence-electron chi connectivity index (χ4n) is 2.86. The second kappa shape index (κ2) is 9.36. The molecule has 0 radical (unpaired) electrons. The van der Waals surface area contributed by atoms with E-state index in [0.29, 0.717) is 19.4 Å². The first kappa shape index (κ1) is 19.9. The smallest absolute Gasteiger partial charge is 0.220 e. The zero-order chi connectivity index (χ0) is 17.6. The van der Waals surface area contributed by atoms with Gasteiger partial charge in [0.05, 0.1) is 11.0 Å². The number of imidazole rings is 1. The Labute approximate surface area is 160 Å². The van der Waals surface area contributed by atoms with E-state index >= 15 is 0 Å². The molecule has 1 aromatic heterocycles. The van der Waals surface area contributed by atoms with Gasteiger partial charge in [-0.05, 0) is 37.6 Å². The van der Waals surface area contributed by atoms with Gasteiger partial charge in [-0.1, -0.05) is 30.3 Å². The van der Waals surface area contributed by atoms with Crippen LogP contribution in [-0.2, 0) is 11.2 Å². The molecule has 5 nitrogen and oxygen atoms in total. The number of hydrogen-bond acceptors (Lipinski definition) is 3. The van der Waals surface area contributed by atoms with Crippen LogP contribution in [0.5, 0.6) is 0 Å². The molecule has 3 rings (SSSR count). The van der Waals surface area contributed by atoms with Gasteiger partial charge in [0, 0.05) is 31.1 Å². The summed E-state index contributed by atoms with van der Waals surface area (Å²) in [5, 5.41) is 2.92. The summed E-state index contributed by atoms with van der Waals surface area (Å²) < 4.78 is 2.13. The number of amides is 1. The van der Waals surface area contributed by atoms with E-state index in [1.165, 1.54) is 0 Å². The Balaban J connectivity index is 0.00000243. The minimum atomic E-state index is 0. The third-order valence-corrected chi connectivity index (χ3v) is 4.14. The van der Waals surface area contributed by atoms with E-state index in [4.69, 9.17) is 10.7 Å². The Bertz CT molecular complexity index is 845. The number of aromatic nitrogens is 2. The zero-order valence-electron chi connectivity index (χ0n) is 14.9. The summed E-state index contributed by atoms with van der Waals surface area (Å²) in [5.41, 5.74) is 8.76. The van der Waals surface area contributed by atoms with Crippen LogP contribution in [0, 0.1) is 0 Å². The summed E-state index contributed by atoms with van der Waals surface area (Å²) >= 11 is 0. The molecular weight excluding hydrogens is 348 g/mol. The lowest BCUT2D eigenvalue weighted by atomic mass is 10.2. The SMILES string of the molecule is CC(N)CCNC(=O)CCc1nc2ccccc2n1-c1ccccc1.Cl. The number of nitrogens with two attached hydrogens (primary N) is 1. The van der Waals surface area contributed by atoms with Crippen LogP contribution in [0.3, 0.4) is 0 Å². The lowest BCUT2D eigenvalue weighted by Gasteiger charge is -2.10. The molecule has 1 unspecified atom stereocenters. The van der Waals surface area contributed by atoms with E-state index in [1.54, 1.807) is 0 Å². The lowest BCUT2D eigenvalue weighted by molar-refractivity contribution is -0.121. The lowest BCUT2D eigenvalue weighted by Crippen LogP contribution is -2.29. The number of benzene rings is 2. The third kappa shape index (κ3) is 4.84. The molecule has 0 saturated carbocycles. The van der Waals surface area contributed by atoms with Gasteiger partial charge in [0.25, 0.3) is 0 Å². The Hall–Kier alpha value is -2.37. The van der Waals surface area contributed by atoms with Crippen molar-refractivity contribution in [3.8, 4) is 5.69 Å². The molecular formula is C20H25ClN4O. The topological polar surface area (TPSA) is 72.9 Å². The standard InChI is InChI=1S/C20H24N4O.ClH/c1-15(21)13-14-22-20(25)12-11-19-23-17-9-5-6-10-18(17)24(19)16-7-3-2-4-8-16;/h2-10,15H,11-14,21H2,1H3,(H,22,25);1H. The molecule has 3 aromatic rings. The van der Waals surface area contributed by atoms with E-state index in [1.807, 2.05) is 43.3 Å². The molecule has 3 N–H and O–H groups in total. The van der Waals surface area contributed by atoms with Crippen molar-refractivity contribution in [1.29, 1.82) is 0 Å². The molecule has 0 spiro atoms. The van der Waals surface area contributed by atoms with Crippen LogP contribution in [0.1, 0.15) is 25.6 Å². The Morgan fingerprint density at radius 2 is 1.85 bits per heavy atom. The van der Waals surface area contributed by atoms with Gasteiger partial charge < -0.3 is 11.1 Å². The number of nitrogens with zero attached hydrogens (tertiary/aromatic N) is 2. The maximum absolute atomic E-state index is 12.1. The number of aryl methyl sites for hydroxylation is 1. The molecule has 0 aliphatic carbocycles.